The van der Waals surface area contributed by atoms with Gasteiger partial charge in [-0.05, 0) is 12.1 Å². The number of amides is 2. The Labute approximate surface area is 114 Å². The normalized spacial score (nSPS) is 14.2. The van der Waals surface area contributed by atoms with Crippen molar-refractivity contribution < 1.29 is 19.8 Å². The fraction of sp³-hybridized carbons (Fsp3) is 0.154. The van der Waals surface area contributed by atoms with Gasteiger partial charge in [0.15, 0.2) is 0 Å². The van der Waals surface area contributed by atoms with Crippen molar-refractivity contribution in [3.05, 3.63) is 35.5 Å². The monoisotopic (exact) mass is 273 g/mol. The van der Waals surface area contributed by atoms with E-state index in [1.165, 1.54) is 18.2 Å². The van der Waals surface area contributed by atoms with E-state index in [2.05, 4.69) is 5.32 Å². The lowest BCUT2D eigenvalue weighted by molar-refractivity contribution is -0.137. The molecule has 0 atom stereocenters. The number of nitrogens with zero attached hydrogens (tertiary/aromatic N) is 2. The lowest BCUT2D eigenvalue weighted by Gasteiger charge is -2.13. The standard InChI is InChI=1S/C13H11N3O4/c14-7-8-3-9(5-10(18)4-8)15-11-6-12(19)16(1-2-17)13(11)20/h3-6,15,17-18H,1-2H2. The Morgan fingerprint density at radius 1 is 1.30 bits per heavy atom. The Hall–Kier alpha value is -2.85. The van der Waals surface area contributed by atoms with Crippen LogP contribution in [0.1, 0.15) is 5.56 Å². The van der Waals surface area contributed by atoms with E-state index in [9.17, 15) is 14.7 Å². The van der Waals surface area contributed by atoms with Gasteiger partial charge in [0.1, 0.15) is 11.4 Å². The molecule has 20 heavy (non-hydrogen) atoms. The SMILES string of the molecule is N#Cc1cc(O)cc(NC2=CC(=O)N(CCO)C2=O)c1. The maximum atomic E-state index is 11.9. The van der Waals surface area contributed by atoms with Crippen molar-refractivity contribution in [1.29, 1.82) is 5.26 Å². The number of hydrogen-bond acceptors (Lipinski definition) is 6. The van der Waals surface area contributed by atoms with Crippen molar-refractivity contribution in [3.63, 3.8) is 0 Å². The number of nitriles is 1. The molecule has 1 aliphatic rings. The number of β-amino-alcohol motifs (C(OH)–C–C–N with tert-alkyl or cyclic N) is 1. The molecule has 1 aromatic rings. The Morgan fingerprint density at radius 2 is 2.05 bits per heavy atom. The third kappa shape index (κ3) is 2.60. The van der Waals surface area contributed by atoms with Gasteiger partial charge < -0.3 is 15.5 Å². The first-order valence-electron chi connectivity index (χ1n) is 5.74. The van der Waals surface area contributed by atoms with E-state index in [4.69, 9.17) is 10.4 Å². The first-order valence-corrected chi connectivity index (χ1v) is 5.74. The summed E-state index contributed by atoms with van der Waals surface area (Å²) in [5, 5.41) is 29.7. The number of aliphatic hydroxyl groups is 1. The van der Waals surface area contributed by atoms with Crippen molar-refractivity contribution in [2.75, 3.05) is 18.5 Å². The van der Waals surface area contributed by atoms with Gasteiger partial charge >= 0.3 is 0 Å². The van der Waals surface area contributed by atoms with Crippen LogP contribution in [0.2, 0.25) is 0 Å². The fourth-order valence-corrected chi connectivity index (χ4v) is 1.81. The minimum absolute atomic E-state index is 0.0259. The van der Waals surface area contributed by atoms with E-state index in [0.29, 0.717) is 5.69 Å². The van der Waals surface area contributed by atoms with Gasteiger partial charge in [-0.2, -0.15) is 5.26 Å². The van der Waals surface area contributed by atoms with Gasteiger partial charge in [0.25, 0.3) is 11.8 Å². The number of aliphatic hydroxyl groups excluding tert-OH is 1. The lowest BCUT2D eigenvalue weighted by atomic mass is 10.2. The van der Waals surface area contributed by atoms with Crippen LogP contribution in [0.4, 0.5) is 5.69 Å². The molecule has 0 aromatic heterocycles. The summed E-state index contributed by atoms with van der Waals surface area (Å²) >= 11 is 0. The van der Waals surface area contributed by atoms with Crippen LogP contribution in [-0.2, 0) is 9.59 Å². The molecule has 0 bridgehead atoms. The zero-order valence-electron chi connectivity index (χ0n) is 10.3. The van der Waals surface area contributed by atoms with Crippen LogP contribution in [0.5, 0.6) is 5.75 Å². The second-order valence-electron chi connectivity index (χ2n) is 4.08. The quantitative estimate of drug-likeness (QED) is 0.661. The Kier molecular flexibility index (Phi) is 3.68. The number of benzene rings is 1. The van der Waals surface area contributed by atoms with Gasteiger partial charge in [-0.25, -0.2) is 0 Å². The molecule has 7 nitrogen and oxygen atoms in total. The lowest BCUT2D eigenvalue weighted by Crippen LogP contribution is -2.34. The molecule has 1 aromatic carbocycles. The second-order valence-corrected chi connectivity index (χ2v) is 4.08. The highest BCUT2D eigenvalue weighted by atomic mass is 16.3. The maximum Gasteiger partial charge on any atom is 0.277 e. The summed E-state index contributed by atoms with van der Waals surface area (Å²) < 4.78 is 0. The number of nitrogens with one attached hydrogen (secondary N) is 1. The third-order valence-corrected chi connectivity index (χ3v) is 2.66. The number of phenols is 1. The average Bonchev–Trinajstić information content (AvgIpc) is 2.66. The van der Waals surface area contributed by atoms with Crippen LogP contribution in [0.15, 0.2) is 30.0 Å². The molecule has 102 valence electrons. The van der Waals surface area contributed by atoms with E-state index in [1.807, 2.05) is 6.07 Å². The number of aromatic hydroxyl groups is 1. The topological polar surface area (TPSA) is 114 Å². The Morgan fingerprint density at radius 3 is 2.70 bits per heavy atom. The molecule has 0 saturated heterocycles. The molecular formula is C13H11N3O4. The molecule has 0 unspecified atom stereocenters. The number of carbonyl (C=O) groups is 2. The van der Waals surface area contributed by atoms with Crippen LogP contribution >= 0.6 is 0 Å². The van der Waals surface area contributed by atoms with Gasteiger partial charge in [-0.3, -0.25) is 14.5 Å². The van der Waals surface area contributed by atoms with Gasteiger partial charge in [0.05, 0.1) is 24.8 Å². The number of phenolic OH excluding ortho intramolecular Hbond substituents is 1. The van der Waals surface area contributed by atoms with E-state index < -0.39 is 11.8 Å². The molecular weight excluding hydrogens is 262 g/mol. The average molecular weight is 273 g/mol. The van der Waals surface area contributed by atoms with Crippen LogP contribution in [-0.4, -0.2) is 40.1 Å². The first-order chi connectivity index (χ1) is 9.55. The Balaban J connectivity index is 2.21. The minimum Gasteiger partial charge on any atom is -0.508 e. The summed E-state index contributed by atoms with van der Waals surface area (Å²) in [5.74, 6) is -1.21. The van der Waals surface area contributed by atoms with Crippen LogP contribution in [0.25, 0.3) is 0 Å². The van der Waals surface area contributed by atoms with E-state index >= 15 is 0 Å². The summed E-state index contributed by atoms with van der Waals surface area (Å²) in [6.45, 7) is -0.397. The molecule has 1 aliphatic heterocycles. The molecule has 2 rings (SSSR count). The van der Waals surface area contributed by atoms with E-state index in [0.717, 1.165) is 11.0 Å². The molecule has 0 fully saturated rings. The molecule has 1 heterocycles. The van der Waals surface area contributed by atoms with E-state index in [1.54, 1.807) is 0 Å². The van der Waals surface area contributed by atoms with Gasteiger partial charge in [0, 0.05) is 17.8 Å². The number of rotatable bonds is 4. The second kappa shape index (κ2) is 5.42. The van der Waals surface area contributed by atoms with Crippen molar-refractivity contribution in [3.8, 4) is 11.8 Å². The van der Waals surface area contributed by atoms with Gasteiger partial charge in [-0.1, -0.05) is 0 Å². The molecule has 0 saturated carbocycles. The molecule has 0 radical (unpaired) electrons. The fourth-order valence-electron chi connectivity index (χ4n) is 1.81. The molecule has 0 spiro atoms. The molecule has 7 heteroatoms. The Bertz CT molecular complexity index is 646. The largest absolute Gasteiger partial charge is 0.508 e. The third-order valence-electron chi connectivity index (χ3n) is 2.66. The highest BCUT2D eigenvalue weighted by Gasteiger charge is 2.30. The number of carbonyl (C=O) groups excluding carboxylic acids is 2. The smallest absolute Gasteiger partial charge is 0.277 e. The van der Waals surface area contributed by atoms with Crippen LogP contribution < -0.4 is 5.32 Å². The summed E-state index contributed by atoms with van der Waals surface area (Å²) in [5.41, 5.74) is 0.565. The first kappa shape index (κ1) is 13.6. The zero-order chi connectivity index (χ0) is 14.7. The van der Waals surface area contributed by atoms with E-state index in [-0.39, 0.29) is 30.2 Å². The summed E-state index contributed by atoms with van der Waals surface area (Å²) in [6.07, 6.45) is 1.11. The minimum atomic E-state index is -0.564. The molecule has 0 aliphatic carbocycles. The molecule has 3 N–H and O–H groups in total. The van der Waals surface area contributed by atoms with Gasteiger partial charge in [-0.15, -0.1) is 0 Å². The predicted octanol–water partition coefficient (Wildman–Crippen LogP) is -0.0792. The van der Waals surface area contributed by atoms with Crippen LogP contribution in [0, 0.1) is 11.3 Å². The summed E-state index contributed by atoms with van der Waals surface area (Å²) in [4.78, 5) is 24.3. The maximum absolute atomic E-state index is 11.9. The highest BCUT2D eigenvalue weighted by Crippen LogP contribution is 2.22. The van der Waals surface area contributed by atoms with Crippen molar-refractivity contribution in [2.45, 2.75) is 0 Å². The molecule has 2 amide bonds. The highest BCUT2D eigenvalue weighted by molar-refractivity contribution is 6.17. The zero-order valence-corrected chi connectivity index (χ0v) is 10.3. The van der Waals surface area contributed by atoms with Gasteiger partial charge in [0.2, 0.25) is 0 Å². The van der Waals surface area contributed by atoms with Crippen LogP contribution in [0.3, 0.4) is 0 Å². The number of imide groups is 1. The summed E-state index contributed by atoms with van der Waals surface area (Å²) in [7, 11) is 0. The number of hydrogen-bond donors (Lipinski definition) is 3. The van der Waals surface area contributed by atoms with Crippen molar-refractivity contribution >= 4 is 17.5 Å². The number of anilines is 1. The summed E-state index contributed by atoms with van der Waals surface area (Å²) in [6, 6.07) is 5.91. The van der Waals surface area contributed by atoms with Crippen molar-refractivity contribution in [1.82, 2.24) is 4.90 Å². The van der Waals surface area contributed by atoms with Crippen molar-refractivity contribution in [2.24, 2.45) is 0 Å². The predicted molar refractivity (Wildman–Crippen MR) is 68.3 cm³/mol.